The highest BCUT2D eigenvalue weighted by atomic mass is 16.5. The molecule has 7 heteroatoms. The van der Waals surface area contributed by atoms with Crippen LogP contribution in [0.3, 0.4) is 0 Å². The van der Waals surface area contributed by atoms with Crippen LogP contribution in [0.5, 0.6) is 5.75 Å². The van der Waals surface area contributed by atoms with Crippen molar-refractivity contribution in [2.24, 2.45) is 0 Å². The van der Waals surface area contributed by atoms with Gasteiger partial charge in [-0.2, -0.15) is 5.10 Å². The van der Waals surface area contributed by atoms with E-state index < -0.39 is 0 Å². The highest BCUT2D eigenvalue weighted by Crippen LogP contribution is 2.28. The van der Waals surface area contributed by atoms with Crippen LogP contribution in [-0.2, 0) is 6.42 Å². The molecule has 7 nitrogen and oxygen atoms in total. The second kappa shape index (κ2) is 8.88. The second-order valence-corrected chi connectivity index (χ2v) is 8.03. The number of nitrogens with zero attached hydrogens (tertiary/aromatic N) is 4. The zero-order chi connectivity index (χ0) is 21.9. The summed E-state index contributed by atoms with van der Waals surface area (Å²) >= 11 is 0. The smallest absolute Gasteiger partial charge is 0.347 e. The lowest BCUT2D eigenvalue weighted by Gasteiger charge is -2.36. The Labute approximate surface area is 186 Å². The van der Waals surface area contributed by atoms with Crippen LogP contribution in [-0.4, -0.2) is 59.5 Å². The fourth-order valence-corrected chi connectivity index (χ4v) is 4.51. The molecule has 0 radical (unpaired) electrons. The number of nitrogens with one attached hydrogen (secondary N) is 1. The summed E-state index contributed by atoms with van der Waals surface area (Å²) in [6, 6.07) is 22.3. The van der Waals surface area contributed by atoms with Crippen molar-refractivity contribution in [2.45, 2.75) is 6.42 Å². The summed E-state index contributed by atoms with van der Waals surface area (Å²) in [5.41, 5.74) is 1.82. The molecule has 1 aliphatic rings. The molecule has 0 aliphatic carbocycles. The molecular formula is C25H27N5O2. The van der Waals surface area contributed by atoms with E-state index in [1.807, 2.05) is 48.5 Å². The Morgan fingerprint density at radius 1 is 0.906 bits per heavy atom. The van der Waals surface area contributed by atoms with E-state index >= 15 is 0 Å². The van der Waals surface area contributed by atoms with Gasteiger partial charge in [0, 0.05) is 44.5 Å². The third kappa shape index (κ3) is 3.87. The van der Waals surface area contributed by atoms with Crippen molar-refractivity contribution < 1.29 is 4.74 Å². The molecule has 3 aromatic carbocycles. The number of aromatic amines is 1. The van der Waals surface area contributed by atoms with Gasteiger partial charge in [-0.3, -0.25) is 4.90 Å². The maximum atomic E-state index is 12.6. The van der Waals surface area contributed by atoms with Crippen LogP contribution in [0.4, 0.5) is 5.69 Å². The van der Waals surface area contributed by atoms with E-state index in [1.165, 1.54) is 0 Å². The van der Waals surface area contributed by atoms with Gasteiger partial charge in [-0.25, -0.2) is 14.5 Å². The van der Waals surface area contributed by atoms with Crippen molar-refractivity contribution >= 4 is 16.5 Å². The number of anilines is 1. The molecule has 2 heterocycles. The number of benzene rings is 3. The van der Waals surface area contributed by atoms with E-state index in [2.05, 4.69) is 38.2 Å². The van der Waals surface area contributed by atoms with Crippen molar-refractivity contribution in [3.05, 3.63) is 83.0 Å². The van der Waals surface area contributed by atoms with E-state index in [0.29, 0.717) is 6.42 Å². The number of aromatic nitrogens is 3. The number of fused-ring (bicyclic) bond motifs is 1. The lowest BCUT2D eigenvalue weighted by molar-refractivity contribution is 0.258. The molecular weight excluding hydrogens is 402 g/mol. The van der Waals surface area contributed by atoms with Crippen LogP contribution < -0.4 is 15.3 Å². The normalized spacial score (nSPS) is 14.7. The minimum Gasteiger partial charge on any atom is -0.495 e. The Balaban J connectivity index is 1.29. The zero-order valence-electron chi connectivity index (χ0n) is 18.2. The van der Waals surface area contributed by atoms with Crippen molar-refractivity contribution in [2.75, 3.05) is 44.7 Å². The Hall–Kier alpha value is -3.58. The molecule has 32 heavy (non-hydrogen) atoms. The highest BCUT2D eigenvalue weighted by molar-refractivity contribution is 5.90. The number of ether oxygens (including phenoxy) is 1. The van der Waals surface area contributed by atoms with E-state index in [0.717, 1.165) is 66.4 Å². The molecule has 0 spiro atoms. The molecule has 164 valence electrons. The van der Waals surface area contributed by atoms with Crippen molar-refractivity contribution in [1.29, 1.82) is 0 Å². The zero-order valence-corrected chi connectivity index (χ0v) is 18.2. The quantitative estimate of drug-likeness (QED) is 0.510. The van der Waals surface area contributed by atoms with Crippen molar-refractivity contribution in [3.63, 3.8) is 0 Å². The van der Waals surface area contributed by atoms with E-state index in [4.69, 9.17) is 4.74 Å². The molecule has 0 saturated carbocycles. The highest BCUT2D eigenvalue weighted by Gasteiger charge is 2.20. The first kappa shape index (κ1) is 20.3. The van der Waals surface area contributed by atoms with E-state index in [9.17, 15) is 4.79 Å². The predicted molar refractivity (Wildman–Crippen MR) is 127 cm³/mol. The van der Waals surface area contributed by atoms with Crippen LogP contribution in [0.1, 0.15) is 5.82 Å². The number of hydrogen-bond donors (Lipinski definition) is 1. The van der Waals surface area contributed by atoms with Gasteiger partial charge in [0.25, 0.3) is 0 Å². The van der Waals surface area contributed by atoms with Crippen LogP contribution in [0, 0.1) is 0 Å². The fraction of sp³-hybridized carbons (Fsp3) is 0.280. The second-order valence-electron chi connectivity index (χ2n) is 8.03. The van der Waals surface area contributed by atoms with Crippen LogP contribution in [0.25, 0.3) is 16.5 Å². The molecule has 1 fully saturated rings. The van der Waals surface area contributed by atoms with Gasteiger partial charge < -0.3 is 9.64 Å². The topological polar surface area (TPSA) is 66.4 Å². The van der Waals surface area contributed by atoms with Gasteiger partial charge >= 0.3 is 5.69 Å². The van der Waals surface area contributed by atoms with Gasteiger partial charge in [0.05, 0.1) is 18.5 Å². The molecule has 4 aromatic rings. The van der Waals surface area contributed by atoms with Gasteiger partial charge in [0.15, 0.2) is 0 Å². The largest absolute Gasteiger partial charge is 0.495 e. The molecule has 0 amide bonds. The average molecular weight is 430 g/mol. The first-order valence-electron chi connectivity index (χ1n) is 11.0. The predicted octanol–water partition coefficient (Wildman–Crippen LogP) is 3.09. The minimum atomic E-state index is -0.197. The number of para-hydroxylation sites is 2. The minimum absolute atomic E-state index is 0.197. The fourth-order valence-electron chi connectivity index (χ4n) is 4.51. The monoisotopic (exact) mass is 429 g/mol. The third-order valence-corrected chi connectivity index (χ3v) is 6.20. The van der Waals surface area contributed by atoms with Gasteiger partial charge in [0.2, 0.25) is 0 Å². The standard InChI is InChI=1S/C25H27N5O2/c1-32-23-12-5-4-10-22(23)29-17-15-28(16-18-29)14-13-24-26-27-25(31)30(24)21-11-6-8-19-7-2-3-9-20(19)21/h2-12H,13-18H2,1H3,(H,27,31). The van der Waals surface area contributed by atoms with Crippen molar-refractivity contribution in [1.82, 2.24) is 19.7 Å². The first-order valence-corrected chi connectivity index (χ1v) is 11.0. The first-order chi connectivity index (χ1) is 15.7. The summed E-state index contributed by atoms with van der Waals surface area (Å²) < 4.78 is 7.24. The average Bonchev–Trinajstić information content (AvgIpc) is 3.22. The third-order valence-electron chi connectivity index (χ3n) is 6.20. The SMILES string of the molecule is COc1ccccc1N1CCN(CCc2n[nH]c(=O)n2-c2cccc3ccccc23)CC1. The van der Waals surface area contributed by atoms with Crippen molar-refractivity contribution in [3.8, 4) is 11.4 Å². The van der Waals surface area contributed by atoms with Gasteiger partial charge in [-0.15, -0.1) is 0 Å². The summed E-state index contributed by atoms with van der Waals surface area (Å²) in [5.74, 6) is 1.68. The van der Waals surface area contributed by atoms with Gasteiger partial charge in [-0.05, 0) is 23.6 Å². The van der Waals surface area contributed by atoms with Gasteiger partial charge in [0.1, 0.15) is 11.6 Å². The number of H-pyrrole nitrogens is 1. The number of piperazine rings is 1. The Morgan fingerprint density at radius 3 is 2.47 bits per heavy atom. The number of rotatable bonds is 6. The molecule has 1 aromatic heterocycles. The van der Waals surface area contributed by atoms with Crippen LogP contribution >= 0.6 is 0 Å². The van der Waals surface area contributed by atoms with Crippen LogP contribution in [0.15, 0.2) is 71.5 Å². The van der Waals surface area contributed by atoms with Crippen LogP contribution in [0.2, 0.25) is 0 Å². The molecule has 5 rings (SSSR count). The Bertz CT molecular complexity index is 1270. The Morgan fingerprint density at radius 2 is 1.62 bits per heavy atom. The summed E-state index contributed by atoms with van der Waals surface area (Å²) in [6.45, 7) is 4.66. The number of methoxy groups -OCH3 is 1. The number of hydrogen-bond acceptors (Lipinski definition) is 5. The maximum Gasteiger partial charge on any atom is 0.347 e. The molecule has 1 saturated heterocycles. The van der Waals surface area contributed by atoms with Gasteiger partial charge in [-0.1, -0.05) is 48.5 Å². The molecule has 0 atom stereocenters. The summed E-state index contributed by atoms with van der Waals surface area (Å²) in [4.78, 5) is 17.4. The summed E-state index contributed by atoms with van der Waals surface area (Å²) in [6.07, 6.45) is 0.705. The molecule has 1 aliphatic heterocycles. The maximum absolute atomic E-state index is 12.6. The molecule has 0 unspecified atom stereocenters. The lowest BCUT2D eigenvalue weighted by atomic mass is 10.1. The van der Waals surface area contributed by atoms with E-state index in [1.54, 1.807) is 11.7 Å². The summed E-state index contributed by atoms with van der Waals surface area (Å²) in [7, 11) is 1.72. The lowest BCUT2D eigenvalue weighted by Crippen LogP contribution is -2.47. The molecule has 0 bridgehead atoms. The molecule has 1 N–H and O–H groups in total. The summed E-state index contributed by atoms with van der Waals surface area (Å²) in [5, 5.41) is 9.14. The van der Waals surface area contributed by atoms with E-state index in [-0.39, 0.29) is 5.69 Å². The Kier molecular flexibility index (Phi) is 5.64.